The third kappa shape index (κ3) is 3.58. The van der Waals surface area contributed by atoms with E-state index < -0.39 is 0 Å². The molecule has 0 radical (unpaired) electrons. The van der Waals surface area contributed by atoms with Crippen LogP contribution in [0.3, 0.4) is 0 Å². The van der Waals surface area contributed by atoms with Gasteiger partial charge in [-0.25, -0.2) is 0 Å². The third-order valence-electron chi connectivity index (χ3n) is 10.2. The Morgan fingerprint density at radius 3 is 2.54 bits per heavy atom. The van der Waals surface area contributed by atoms with Crippen molar-refractivity contribution < 1.29 is 0 Å². The molecule has 0 heterocycles. The van der Waals surface area contributed by atoms with Gasteiger partial charge in [-0.3, -0.25) is 0 Å². The van der Waals surface area contributed by atoms with Crippen molar-refractivity contribution in [1.29, 1.82) is 0 Å². The highest BCUT2D eigenvalue weighted by molar-refractivity contribution is 9.09. The molecule has 8 atom stereocenters. The Hall–Kier alpha value is 0.220. The highest BCUT2D eigenvalue weighted by Crippen LogP contribution is 2.67. The molecule has 0 aromatic heterocycles. The van der Waals surface area contributed by atoms with Crippen LogP contribution in [0.25, 0.3) is 0 Å². The molecule has 3 saturated carbocycles. The summed E-state index contributed by atoms with van der Waals surface area (Å²) in [7, 11) is 0. The van der Waals surface area contributed by atoms with E-state index in [1.165, 1.54) is 70.6 Å². The van der Waals surface area contributed by atoms with Crippen molar-refractivity contribution in [2.45, 2.75) is 110 Å². The Morgan fingerprint density at radius 1 is 1.00 bits per heavy atom. The van der Waals surface area contributed by atoms with Gasteiger partial charge in [0.2, 0.25) is 0 Å². The fraction of sp³-hybridized carbons (Fsp3) is 0.926. The molecular weight excluding hydrogens is 404 g/mol. The molecule has 0 saturated heterocycles. The molecule has 0 aromatic rings. The Balaban J connectivity index is 1.49. The van der Waals surface area contributed by atoms with Crippen LogP contribution in [0.4, 0.5) is 0 Å². The summed E-state index contributed by atoms with van der Waals surface area (Å²) in [5.74, 6) is 5.74. The second-order valence-electron chi connectivity index (χ2n) is 12.1. The fourth-order valence-electron chi connectivity index (χ4n) is 8.64. The van der Waals surface area contributed by atoms with E-state index in [9.17, 15) is 0 Å². The zero-order chi connectivity index (χ0) is 20.1. The number of hydrogen-bond donors (Lipinski definition) is 0. The van der Waals surface area contributed by atoms with Gasteiger partial charge in [-0.2, -0.15) is 0 Å². The lowest BCUT2D eigenvalue weighted by atomic mass is 9.47. The van der Waals surface area contributed by atoms with Crippen molar-refractivity contribution in [2.75, 3.05) is 0 Å². The van der Waals surface area contributed by atoms with E-state index in [0.717, 1.165) is 40.3 Å². The van der Waals surface area contributed by atoms with Crippen LogP contribution in [0.2, 0.25) is 0 Å². The van der Waals surface area contributed by atoms with Crippen LogP contribution in [0.15, 0.2) is 11.6 Å². The van der Waals surface area contributed by atoms with Gasteiger partial charge >= 0.3 is 0 Å². The number of allylic oxidation sites excluding steroid dienone is 2. The molecule has 0 aromatic carbocycles. The zero-order valence-corrected chi connectivity index (χ0v) is 20.9. The molecule has 0 spiro atoms. The number of alkyl halides is 1. The first-order valence-electron chi connectivity index (χ1n) is 12.6. The summed E-state index contributed by atoms with van der Waals surface area (Å²) < 4.78 is 0. The Labute approximate surface area is 183 Å². The van der Waals surface area contributed by atoms with Crippen molar-refractivity contribution in [3.8, 4) is 0 Å². The van der Waals surface area contributed by atoms with Crippen LogP contribution in [0.1, 0.15) is 105 Å². The second-order valence-corrected chi connectivity index (χ2v) is 13.4. The van der Waals surface area contributed by atoms with Crippen molar-refractivity contribution >= 4 is 15.9 Å². The van der Waals surface area contributed by atoms with E-state index in [1.54, 1.807) is 0 Å². The minimum Gasteiger partial charge on any atom is -0.0887 e. The fourth-order valence-corrected chi connectivity index (χ4v) is 9.22. The third-order valence-corrected chi connectivity index (χ3v) is 11.0. The SMILES string of the molecule is CC(C)CCCC(C)[C@H]1CC[C@H]2C3CC=C4CC(Br)CC[C@]4(C)C3CC[C@]12C. The zero-order valence-electron chi connectivity index (χ0n) is 19.3. The van der Waals surface area contributed by atoms with Gasteiger partial charge in [0.15, 0.2) is 0 Å². The molecule has 0 aliphatic heterocycles. The molecule has 28 heavy (non-hydrogen) atoms. The molecule has 0 nitrogen and oxygen atoms in total. The predicted molar refractivity (Wildman–Crippen MR) is 126 cm³/mol. The van der Waals surface area contributed by atoms with Gasteiger partial charge in [0.25, 0.3) is 0 Å². The van der Waals surface area contributed by atoms with E-state index in [0.29, 0.717) is 10.8 Å². The van der Waals surface area contributed by atoms with Gasteiger partial charge in [-0.15, -0.1) is 0 Å². The molecule has 4 rings (SSSR count). The molecule has 4 aliphatic carbocycles. The normalized spacial score (nSPS) is 46.5. The van der Waals surface area contributed by atoms with Crippen molar-refractivity contribution in [2.24, 2.45) is 46.3 Å². The molecule has 1 heteroatoms. The maximum atomic E-state index is 3.93. The molecule has 0 N–H and O–H groups in total. The van der Waals surface area contributed by atoms with Crippen LogP contribution in [0.5, 0.6) is 0 Å². The number of hydrogen-bond acceptors (Lipinski definition) is 0. The van der Waals surface area contributed by atoms with E-state index in [1.807, 2.05) is 5.57 Å². The summed E-state index contributed by atoms with van der Waals surface area (Å²) in [6.07, 6.45) is 18.6. The lowest BCUT2D eigenvalue weighted by molar-refractivity contribution is -0.0496. The molecule has 160 valence electrons. The summed E-state index contributed by atoms with van der Waals surface area (Å²) in [5.41, 5.74) is 2.98. The summed E-state index contributed by atoms with van der Waals surface area (Å²) in [6, 6.07) is 0. The first-order chi connectivity index (χ1) is 13.3. The van der Waals surface area contributed by atoms with E-state index >= 15 is 0 Å². The minimum atomic E-state index is 0.523. The number of fused-ring (bicyclic) bond motifs is 5. The van der Waals surface area contributed by atoms with Gasteiger partial charge in [0.05, 0.1) is 0 Å². The second kappa shape index (κ2) is 8.05. The lowest BCUT2D eigenvalue weighted by Gasteiger charge is -2.58. The number of rotatable bonds is 5. The molecular formula is C27H45Br. The van der Waals surface area contributed by atoms with E-state index in [2.05, 4.69) is 56.6 Å². The Morgan fingerprint density at radius 2 is 1.79 bits per heavy atom. The van der Waals surface area contributed by atoms with Crippen molar-refractivity contribution in [3.05, 3.63) is 11.6 Å². The van der Waals surface area contributed by atoms with Crippen molar-refractivity contribution in [1.82, 2.24) is 0 Å². The first-order valence-corrected chi connectivity index (χ1v) is 13.5. The summed E-state index contributed by atoms with van der Waals surface area (Å²) in [5, 5.41) is 0. The summed E-state index contributed by atoms with van der Waals surface area (Å²) >= 11 is 3.93. The molecule has 0 bridgehead atoms. The monoisotopic (exact) mass is 448 g/mol. The maximum Gasteiger partial charge on any atom is 0.0183 e. The van der Waals surface area contributed by atoms with Gasteiger partial charge in [-0.05, 0) is 97.7 Å². The Bertz CT molecular complexity index is 591. The maximum absolute atomic E-state index is 3.93. The highest BCUT2D eigenvalue weighted by atomic mass is 79.9. The largest absolute Gasteiger partial charge is 0.0887 e. The predicted octanol–water partition coefficient (Wildman–Crippen LogP) is 8.79. The van der Waals surface area contributed by atoms with Crippen LogP contribution in [-0.4, -0.2) is 4.83 Å². The van der Waals surface area contributed by atoms with Gasteiger partial charge in [0.1, 0.15) is 0 Å². The van der Waals surface area contributed by atoms with Gasteiger partial charge in [0, 0.05) is 4.83 Å². The van der Waals surface area contributed by atoms with Crippen LogP contribution in [0, 0.1) is 46.3 Å². The van der Waals surface area contributed by atoms with Crippen LogP contribution < -0.4 is 0 Å². The molecule has 0 amide bonds. The molecule has 4 unspecified atom stereocenters. The van der Waals surface area contributed by atoms with Gasteiger partial charge in [-0.1, -0.05) is 81.5 Å². The average Bonchev–Trinajstić information content (AvgIpc) is 2.99. The minimum absolute atomic E-state index is 0.523. The smallest absolute Gasteiger partial charge is 0.0183 e. The molecule has 4 aliphatic rings. The quantitative estimate of drug-likeness (QED) is 0.291. The topological polar surface area (TPSA) is 0 Å². The Kier molecular flexibility index (Phi) is 6.17. The first kappa shape index (κ1) is 21.5. The number of halogens is 1. The van der Waals surface area contributed by atoms with E-state index in [4.69, 9.17) is 0 Å². The van der Waals surface area contributed by atoms with Crippen LogP contribution >= 0.6 is 15.9 Å². The van der Waals surface area contributed by atoms with Crippen molar-refractivity contribution in [3.63, 3.8) is 0 Å². The summed E-state index contributed by atoms with van der Waals surface area (Å²) in [4.78, 5) is 0.736. The van der Waals surface area contributed by atoms with Crippen LogP contribution in [-0.2, 0) is 0 Å². The molecule has 3 fully saturated rings. The highest BCUT2D eigenvalue weighted by Gasteiger charge is 2.58. The average molecular weight is 450 g/mol. The standard InChI is InChI=1S/C27H45Br/c1-18(2)7-6-8-19(3)23-11-12-24-22-10-9-20-17-21(28)13-15-26(20,4)25(22)14-16-27(23,24)5/h9,18-19,21-25H,6-8,10-17H2,1-5H3/t19?,21?,22?,23-,24+,25?,26+,27-/m1/s1. The van der Waals surface area contributed by atoms with Gasteiger partial charge < -0.3 is 0 Å². The lowest BCUT2D eigenvalue weighted by Crippen LogP contribution is -2.50. The van der Waals surface area contributed by atoms with E-state index in [-0.39, 0.29) is 0 Å². The summed E-state index contributed by atoms with van der Waals surface area (Å²) in [6.45, 7) is 12.7.